The Labute approximate surface area is 500 Å². The lowest BCUT2D eigenvalue weighted by Gasteiger charge is -2.39. The average Bonchev–Trinajstić information content (AvgIpc) is 3.35. The Balaban J connectivity index is 1.58. The van der Waals surface area contributed by atoms with Crippen molar-refractivity contribution in [1.82, 2.24) is 41.3 Å². The third-order valence-electron chi connectivity index (χ3n) is 15.3. The lowest BCUT2D eigenvalue weighted by molar-refractivity contribution is -0.146. The van der Waals surface area contributed by atoms with E-state index in [9.17, 15) is 53.1 Å². The fraction of sp³-hybridized carbons (Fsp3) is 0.633. The van der Waals surface area contributed by atoms with E-state index in [2.05, 4.69) is 31.9 Å². The predicted octanol–water partition coefficient (Wildman–Crippen LogP) is 2.68. The van der Waals surface area contributed by atoms with Crippen molar-refractivity contribution in [3.05, 3.63) is 65.7 Å². The molecule has 1 aliphatic heterocycles. The van der Waals surface area contributed by atoms with Gasteiger partial charge in [0.1, 0.15) is 24.7 Å². The van der Waals surface area contributed by atoms with E-state index in [1.54, 1.807) is 84.7 Å². The maximum atomic E-state index is 14.3. The van der Waals surface area contributed by atoms with Crippen LogP contribution in [0.25, 0.3) is 0 Å². The monoisotopic (exact) mass is 1190 g/mol. The zero-order valence-electron chi connectivity index (χ0n) is 52.0. The number of nitrogens with zero attached hydrogens (tertiary/aromatic N) is 3. The third-order valence-corrected chi connectivity index (χ3v) is 15.3. The molecule has 2 aromatic carbocycles. The van der Waals surface area contributed by atoms with Gasteiger partial charge in [-0.05, 0) is 82.6 Å². The van der Waals surface area contributed by atoms with E-state index in [1.165, 1.54) is 45.2 Å². The van der Waals surface area contributed by atoms with Crippen molar-refractivity contribution in [2.24, 2.45) is 23.5 Å². The summed E-state index contributed by atoms with van der Waals surface area (Å²) >= 11 is 0. The van der Waals surface area contributed by atoms with Crippen LogP contribution in [0.3, 0.4) is 0 Å². The first-order chi connectivity index (χ1) is 40.0. The number of amides is 10. The Morgan fingerprint density at radius 2 is 1.40 bits per heavy atom. The van der Waals surface area contributed by atoms with Crippen LogP contribution < -0.4 is 37.6 Å². The molecule has 3 rings (SSSR count). The van der Waals surface area contributed by atoms with Gasteiger partial charge >= 0.3 is 6.09 Å². The van der Waals surface area contributed by atoms with Gasteiger partial charge in [0.2, 0.25) is 53.2 Å². The maximum Gasteiger partial charge on any atom is 0.410 e. The van der Waals surface area contributed by atoms with Crippen LogP contribution in [0.15, 0.2) is 54.6 Å². The number of nitrogens with two attached hydrogens (primary N) is 1. The summed E-state index contributed by atoms with van der Waals surface area (Å²) in [6, 6.07) is 10.0. The number of rotatable bonds is 34. The second-order valence-electron chi connectivity index (χ2n) is 22.7. The van der Waals surface area contributed by atoms with Crippen molar-refractivity contribution in [3.8, 4) is 0 Å². The third kappa shape index (κ3) is 22.3. The fourth-order valence-electron chi connectivity index (χ4n) is 10.5. The average molecular weight is 1200 g/mol. The van der Waals surface area contributed by atoms with Crippen molar-refractivity contribution >= 4 is 64.9 Å². The number of aliphatic hydroxyl groups excluding tert-OH is 1. The van der Waals surface area contributed by atoms with Crippen LogP contribution in [-0.4, -0.2) is 188 Å². The number of nitrogens with one attached hydrogen (secondary N) is 6. The Bertz CT molecular complexity index is 2550. The normalized spacial score (nSPS) is 16.8. The summed E-state index contributed by atoms with van der Waals surface area (Å²) in [6.07, 6.45) is -1.95. The molecule has 2 aromatic rings. The Morgan fingerprint density at radius 1 is 0.765 bits per heavy atom. The number of hydrogen-bond donors (Lipinski definition) is 8. The largest absolute Gasteiger partial charge is 0.445 e. The highest BCUT2D eigenvalue weighted by Gasteiger charge is 2.43. The minimum absolute atomic E-state index is 0.00708. The molecule has 474 valence electrons. The number of carbonyl (C=O) groups excluding carboxylic acids is 10. The molecule has 0 aliphatic carbocycles. The van der Waals surface area contributed by atoms with Gasteiger partial charge in [-0.15, -0.1) is 0 Å². The number of aliphatic hydroxyl groups is 1. The standard InChI is InChI=1S/C60H94N10O15/c1-15-36(5)52(45(82-13)30-49(74)70-28-20-23-44(70)54(83-14)37(6)55(77)65-38(7)53(76)41-21-18-17-19-22-41)68(11)50(75)33-63-58(80)51(35(3)4)69(12)59(81)84-34-40-24-26-42(27-25-40)66-57(79)43(29-46(61)71)67-48(73)32-62-56(78)39(8)64-47(72)31-60(9,10)85-16-2/h17-19,21-22,24-27,35-39,43-45,51-54,76H,15-16,20,23,28-34H2,1-14H3,(H2,61,71)(H,62,78)(H,63,80)(H,64,72)(H,65,77)(H,66,79)(H,67,73)/t36?,37-,38-,39+,43+,44+,45-,51?,52?,53-,54-/m1/s1. The highest BCUT2D eigenvalue weighted by Crippen LogP contribution is 2.30. The van der Waals surface area contributed by atoms with Gasteiger partial charge in [-0.1, -0.05) is 83.5 Å². The molecule has 11 atom stereocenters. The number of anilines is 1. The summed E-state index contributed by atoms with van der Waals surface area (Å²) in [4.78, 5) is 136. The molecule has 1 heterocycles. The van der Waals surface area contributed by atoms with E-state index >= 15 is 0 Å². The van der Waals surface area contributed by atoms with E-state index in [0.717, 1.165) is 4.90 Å². The van der Waals surface area contributed by atoms with Gasteiger partial charge in [-0.2, -0.15) is 0 Å². The van der Waals surface area contributed by atoms with E-state index in [4.69, 9.17) is 24.7 Å². The first kappa shape index (κ1) is 72.0. The van der Waals surface area contributed by atoms with Crippen LogP contribution in [0.5, 0.6) is 0 Å². The van der Waals surface area contributed by atoms with E-state index < -0.39 is 139 Å². The maximum absolute atomic E-state index is 14.3. The Morgan fingerprint density at radius 3 is 1.98 bits per heavy atom. The Hall–Kier alpha value is -7.22. The molecule has 0 spiro atoms. The number of likely N-dealkylation sites (N-methyl/N-ethyl adjacent to an activating group) is 2. The first-order valence-corrected chi connectivity index (χ1v) is 29.0. The lowest BCUT2D eigenvalue weighted by atomic mass is 9.90. The molecule has 3 unspecified atom stereocenters. The van der Waals surface area contributed by atoms with Gasteiger partial charge in [0.05, 0.1) is 80.3 Å². The van der Waals surface area contributed by atoms with E-state index in [-0.39, 0.29) is 42.9 Å². The van der Waals surface area contributed by atoms with E-state index in [1.807, 2.05) is 32.0 Å². The number of ether oxygens (including phenoxy) is 4. The molecular formula is C60H94N10O15. The van der Waals surface area contributed by atoms with Crippen LogP contribution in [0.4, 0.5) is 10.5 Å². The molecule has 0 saturated carbocycles. The van der Waals surface area contributed by atoms with Crippen molar-refractivity contribution in [2.75, 3.05) is 59.9 Å². The second kappa shape index (κ2) is 34.7. The molecule has 25 nitrogen and oxygen atoms in total. The van der Waals surface area contributed by atoms with Crippen molar-refractivity contribution < 1.29 is 72.0 Å². The zero-order chi connectivity index (χ0) is 63.9. The molecule has 85 heavy (non-hydrogen) atoms. The molecule has 25 heteroatoms. The van der Waals surface area contributed by atoms with Crippen molar-refractivity contribution in [1.29, 1.82) is 0 Å². The number of methoxy groups -OCH3 is 2. The molecular weight excluding hydrogens is 1100 g/mol. The second-order valence-corrected chi connectivity index (χ2v) is 22.7. The fourth-order valence-corrected chi connectivity index (χ4v) is 10.5. The molecule has 9 N–H and O–H groups in total. The number of carbonyl (C=O) groups is 10. The molecule has 0 aromatic heterocycles. The van der Waals surface area contributed by atoms with Gasteiger partial charge < -0.3 is 71.5 Å². The molecule has 1 aliphatic rings. The molecule has 1 saturated heterocycles. The van der Waals surface area contributed by atoms with Crippen LogP contribution in [0.1, 0.15) is 125 Å². The zero-order valence-corrected chi connectivity index (χ0v) is 52.0. The topological polar surface area (TPSA) is 336 Å². The van der Waals surface area contributed by atoms with Crippen LogP contribution in [-0.2, 0) is 68.7 Å². The predicted molar refractivity (Wildman–Crippen MR) is 316 cm³/mol. The van der Waals surface area contributed by atoms with Gasteiger partial charge in [0.25, 0.3) is 0 Å². The highest BCUT2D eigenvalue weighted by atomic mass is 16.6. The van der Waals surface area contributed by atoms with Gasteiger partial charge in [-0.3, -0.25) is 48.1 Å². The highest BCUT2D eigenvalue weighted by molar-refractivity contribution is 6.00. The molecule has 0 radical (unpaired) electrons. The number of benzene rings is 2. The van der Waals surface area contributed by atoms with Crippen LogP contribution in [0, 0.1) is 17.8 Å². The minimum Gasteiger partial charge on any atom is -0.445 e. The summed E-state index contributed by atoms with van der Waals surface area (Å²) in [5.74, 6) is -6.51. The number of hydrogen-bond acceptors (Lipinski definition) is 15. The minimum atomic E-state index is -1.42. The van der Waals surface area contributed by atoms with Crippen molar-refractivity contribution in [2.45, 2.75) is 175 Å². The SMILES string of the molecule is CCOC(C)(C)CC(=O)N[C@@H](C)C(=O)NCC(=O)N[C@@H](CC(N)=O)C(=O)Nc1ccc(COC(=O)N(C)C(C(=O)NCC(=O)N(C)C(C(C)CC)[C@@H](CC(=O)N2CCC[C@H]2[C@H](OC)[C@@H](C)C(=O)N[C@H](C)[C@@H](O)c2ccccc2)OC)C(C)C)cc1. The summed E-state index contributed by atoms with van der Waals surface area (Å²) in [5, 5.41) is 26.4. The molecule has 0 bridgehead atoms. The van der Waals surface area contributed by atoms with Gasteiger partial charge in [0, 0.05) is 47.2 Å². The molecule has 1 fully saturated rings. The van der Waals surface area contributed by atoms with Crippen molar-refractivity contribution in [3.63, 3.8) is 0 Å². The summed E-state index contributed by atoms with van der Waals surface area (Å²) in [7, 11) is 5.97. The van der Waals surface area contributed by atoms with Gasteiger partial charge in [-0.25, -0.2) is 4.79 Å². The summed E-state index contributed by atoms with van der Waals surface area (Å²) in [5.41, 5.74) is 6.02. The number of primary amides is 1. The smallest absolute Gasteiger partial charge is 0.410 e. The van der Waals surface area contributed by atoms with Crippen LogP contribution in [0.2, 0.25) is 0 Å². The summed E-state index contributed by atoms with van der Waals surface area (Å²) in [6.45, 7) is 17.1. The first-order valence-electron chi connectivity index (χ1n) is 29.0. The van der Waals surface area contributed by atoms with E-state index in [0.29, 0.717) is 43.5 Å². The quantitative estimate of drug-likeness (QED) is 0.0500. The lowest BCUT2D eigenvalue weighted by Crippen LogP contribution is -2.56. The summed E-state index contributed by atoms with van der Waals surface area (Å²) < 4.78 is 23.0. The molecule has 10 amide bonds. The Kier molecular flexibility index (Phi) is 29.4. The number of likely N-dealkylation sites (tertiary alicyclic amines) is 1. The van der Waals surface area contributed by atoms with Crippen LogP contribution >= 0.6 is 0 Å². The van der Waals surface area contributed by atoms with Gasteiger partial charge in [0.15, 0.2) is 0 Å².